The lowest BCUT2D eigenvalue weighted by Gasteiger charge is -2.13. The minimum Gasteiger partial charge on any atom is -0.481 e. The molecule has 1 aromatic carbocycles. The second-order valence-electron chi connectivity index (χ2n) is 3.95. The standard InChI is InChI=1S/C12H12F4O2/c13-9-4-1-3-8(7-9)10(11(17)18)5-2-6-12(14,15)16/h1,3-4,7,10H,2,5-6H2,(H,17,18). The third-order valence-corrected chi connectivity index (χ3v) is 2.50. The van der Waals surface area contributed by atoms with Crippen molar-refractivity contribution < 1.29 is 27.5 Å². The molecule has 1 atom stereocenters. The Labute approximate surface area is 101 Å². The number of hydrogen-bond donors (Lipinski definition) is 1. The zero-order valence-electron chi connectivity index (χ0n) is 9.38. The molecule has 0 saturated heterocycles. The number of rotatable bonds is 5. The summed E-state index contributed by atoms with van der Waals surface area (Å²) in [6, 6.07) is 4.92. The van der Waals surface area contributed by atoms with E-state index in [1.165, 1.54) is 12.1 Å². The van der Waals surface area contributed by atoms with Crippen LogP contribution in [0.5, 0.6) is 0 Å². The molecule has 1 unspecified atom stereocenters. The van der Waals surface area contributed by atoms with Crippen LogP contribution in [0.1, 0.15) is 30.7 Å². The van der Waals surface area contributed by atoms with E-state index in [4.69, 9.17) is 5.11 Å². The average Bonchev–Trinajstić information content (AvgIpc) is 2.22. The highest BCUT2D eigenvalue weighted by atomic mass is 19.4. The van der Waals surface area contributed by atoms with Crippen molar-refractivity contribution in [3.63, 3.8) is 0 Å². The van der Waals surface area contributed by atoms with Gasteiger partial charge in [0.05, 0.1) is 5.92 Å². The molecule has 0 aliphatic rings. The lowest BCUT2D eigenvalue weighted by atomic mass is 9.93. The molecule has 6 heteroatoms. The first-order chi connectivity index (χ1) is 8.29. The first kappa shape index (κ1) is 14.5. The second kappa shape index (κ2) is 5.84. The number of benzene rings is 1. The molecule has 0 aliphatic heterocycles. The first-order valence-electron chi connectivity index (χ1n) is 5.34. The largest absolute Gasteiger partial charge is 0.481 e. The van der Waals surface area contributed by atoms with Crippen LogP contribution in [0.4, 0.5) is 17.6 Å². The summed E-state index contributed by atoms with van der Waals surface area (Å²) in [6.45, 7) is 0. The van der Waals surface area contributed by atoms with E-state index in [1.54, 1.807) is 0 Å². The topological polar surface area (TPSA) is 37.3 Å². The van der Waals surface area contributed by atoms with Crippen molar-refractivity contribution in [1.29, 1.82) is 0 Å². The van der Waals surface area contributed by atoms with Gasteiger partial charge in [0.1, 0.15) is 5.82 Å². The van der Waals surface area contributed by atoms with Gasteiger partial charge in [-0.05, 0) is 30.5 Å². The van der Waals surface area contributed by atoms with Crippen molar-refractivity contribution in [2.45, 2.75) is 31.4 Å². The van der Waals surface area contributed by atoms with Gasteiger partial charge in [-0.3, -0.25) is 4.79 Å². The summed E-state index contributed by atoms with van der Waals surface area (Å²) in [5.41, 5.74) is 0.185. The number of carbonyl (C=O) groups is 1. The minimum atomic E-state index is -4.30. The molecule has 0 bridgehead atoms. The van der Waals surface area contributed by atoms with Crippen molar-refractivity contribution in [2.24, 2.45) is 0 Å². The summed E-state index contributed by atoms with van der Waals surface area (Å²) in [7, 11) is 0. The fraction of sp³-hybridized carbons (Fsp3) is 0.417. The Morgan fingerprint density at radius 2 is 2.00 bits per heavy atom. The molecular weight excluding hydrogens is 252 g/mol. The van der Waals surface area contributed by atoms with Crippen LogP contribution < -0.4 is 0 Å². The predicted molar refractivity (Wildman–Crippen MR) is 56.7 cm³/mol. The maximum absolute atomic E-state index is 12.9. The molecule has 0 amide bonds. The van der Waals surface area contributed by atoms with Crippen molar-refractivity contribution in [2.75, 3.05) is 0 Å². The normalized spacial score (nSPS) is 13.3. The van der Waals surface area contributed by atoms with Crippen LogP contribution >= 0.6 is 0 Å². The quantitative estimate of drug-likeness (QED) is 0.823. The molecular formula is C12H12F4O2. The van der Waals surface area contributed by atoms with Gasteiger partial charge >= 0.3 is 12.1 Å². The van der Waals surface area contributed by atoms with E-state index in [2.05, 4.69) is 0 Å². The summed E-state index contributed by atoms with van der Waals surface area (Å²) in [5.74, 6) is -2.96. The highest BCUT2D eigenvalue weighted by Crippen LogP contribution is 2.28. The monoisotopic (exact) mass is 264 g/mol. The van der Waals surface area contributed by atoms with E-state index in [0.29, 0.717) is 0 Å². The van der Waals surface area contributed by atoms with Gasteiger partial charge in [0, 0.05) is 6.42 Å². The van der Waals surface area contributed by atoms with Gasteiger partial charge in [0.15, 0.2) is 0 Å². The highest BCUT2D eigenvalue weighted by molar-refractivity contribution is 5.75. The van der Waals surface area contributed by atoms with E-state index in [9.17, 15) is 22.4 Å². The molecule has 1 aromatic rings. The number of alkyl halides is 3. The zero-order valence-corrected chi connectivity index (χ0v) is 9.38. The minimum absolute atomic E-state index is 0.168. The zero-order chi connectivity index (χ0) is 13.8. The van der Waals surface area contributed by atoms with Crippen molar-refractivity contribution in [1.82, 2.24) is 0 Å². The molecule has 0 aliphatic carbocycles. The molecule has 0 fully saturated rings. The van der Waals surface area contributed by atoms with Crippen LogP contribution in [0.25, 0.3) is 0 Å². The lowest BCUT2D eigenvalue weighted by molar-refractivity contribution is -0.142. The van der Waals surface area contributed by atoms with Gasteiger partial charge in [-0.25, -0.2) is 4.39 Å². The molecule has 0 radical (unpaired) electrons. The summed E-state index contributed by atoms with van der Waals surface area (Å²) >= 11 is 0. The third-order valence-electron chi connectivity index (χ3n) is 2.50. The number of carboxylic acids is 1. The number of halogens is 4. The van der Waals surface area contributed by atoms with Crippen molar-refractivity contribution in [3.8, 4) is 0 Å². The van der Waals surface area contributed by atoms with Crippen LogP contribution in [-0.2, 0) is 4.79 Å². The Morgan fingerprint density at radius 3 is 2.50 bits per heavy atom. The van der Waals surface area contributed by atoms with Gasteiger partial charge in [-0.15, -0.1) is 0 Å². The number of carboxylic acid groups (broad SMARTS) is 1. The molecule has 18 heavy (non-hydrogen) atoms. The van der Waals surface area contributed by atoms with Crippen LogP contribution in [0, 0.1) is 5.82 Å². The van der Waals surface area contributed by atoms with Gasteiger partial charge in [0.2, 0.25) is 0 Å². The van der Waals surface area contributed by atoms with Crippen molar-refractivity contribution in [3.05, 3.63) is 35.6 Å². The summed E-state index contributed by atoms with van der Waals surface area (Å²) in [6.07, 6.45) is -5.80. The van der Waals surface area contributed by atoms with Gasteiger partial charge in [0.25, 0.3) is 0 Å². The molecule has 0 heterocycles. The first-order valence-corrected chi connectivity index (χ1v) is 5.34. The smallest absolute Gasteiger partial charge is 0.389 e. The van der Waals surface area contributed by atoms with Gasteiger partial charge < -0.3 is 5.11 Å². The molecule has 2 nitrogen and oxygen atoms in total. The Bertz CT molecular complexity index is 415. The summed E-state index contributed by atoms with van der Waals surface area (Å²) in [5, 5.41) is 8.94. The van der Waals surface area contributed by atoms with Crippen LogP contribution in [0.15, 0.2) is 24.3 Å². The molecule has 1 N–H and O–H groups in total. The van der Waals surface area contributed by atoms with E-state index < -0.39 is 30.3 Å². The SMILES string of the molecule is O=C(O)C(CCCC(F)(F)F)c1cccc(F)c1. The number of hydrogen-bond acceptors (Lipinski definition) is 1. The highest BCUT2D eigenvalue weighted by Gasteiger charge is 2.28. The van der Waals surface area contributed by atoms with E-state index in [0.717, 1.165) is 12.1 Å². The Morgan fingerprint density at radius 1 is 1.33 bits per heavy atom. The second-order valence-corrected chi connectivity index (χ2v) is 3.95. The van der Waals surface area contributed by atoms with Crippen molar-refractivity contribution >= 4 is 5.97 Å². The summed E-state index contributed by atoms with van der Waals surface area (Å²) in [4.78, 5) is 11.0. The van der Waals surface area contributed by atoms with Gasteiger partial charge in [-0.2, -0.15) is 13.2 Å². The van der Waals surface area contributed by atoms with E-state index >= 15 is 0 Å². The fourth-order valence-electron chi connectivity index (χ4n) is 1.66. The Hall–Kier alpha value is -1.59. The average molecular weight is 264 g/mol. The lowest BCUT2D eigenvalue weighted by Crippen LogP contribution is -2.14. The predicted octanol–water partition coefficient (Wildman–Crippen LogP) is 3.73. The van der Waals surface area contributed by atoms with Gasteiger partial charge in [-0.1, -0.05) is 12.1 Å². The van der Waals surface area contributed by atoms with E-state index in [1.807, 2.05) is 0 Å². The molecule has 1 rings (SSSR count). The summed E-state index contributed by atoms with van der Waals surface area (Å²) < 4.78 is 48.8. The maximum atomic E-state index is 12.9. The molecule has 0 saturated carbocycles. The van der Waals surface area contributed by atoms with Crippen LogP contribution in [0.2, 0.25) is 0 Å². The molecule has 100 valence electrons. The molecule has 0 aromatic heterocycles. The van der Waals surface area contributed by atoms with Crippen LogP contribution in [0.3, 0.4) is 0 Å². The molecule has 0 spiro atoms. The Balaban J connectivity index is 2.69. The van der Waals surface area contributed by atoms with E-state index in [-0.39, 0.29) is 18.4 Å². The Kier molecular flexibility index (Phi) is 4.69. The fourth-order valence-corrected chi connectivity index (χ4v) is 1.66. The van der Waals surface area contributed by atoms with Crippen LogP contribution in [-0.4, -0.2) is 17.3 Å². The number of aliphatic carboxylic acids is 1. The maximum Gasteiger partial charge on any atom is 0.389 e. The third kappa shape index (κ3) is 4.73.